The number of likely N-dealkylation sites (tertiary alicyclic amines) is 1. The van der Waals surface area contributed by atoms with Gasteiger partial charge in [0.1, 0.15) is 0 Å². The van der Waals surface area contributed by atoms with Crippen molar-refractivity contribution in [3.05, 3.63) is 0 Å². The highest BCUT2D eigenvalue weighted by Crippen LogP contribution is 2.24. The Bertz CT molecular complexity index is 193. The van der Waals surface area contributed by atoms with E-state index < -0.39 is 0 Å². The first-order valence-corrected chi connectivity index (χ1v) is 7.47. The van der Waals surface area contributed by atoms with Gasteiger partial charge in [-0.25, -0.2) is 0 Å². The van der Waals surface area contributed by atoms with Crippen LogP contribution in [0.15, 0.2) is 0 Å². The summed E-state index contributed by atoms with van der Waals surface area (Å²) in [6.07, 6.45) is 3.90. The molecule has 0 aromatic heterocycles. The van der Waals surface area contributed by atoms with E-state index in [-0.39, 0.29) is 0 Å². The van der Waals surface area contributed by atoms with Crippen molar-refractivity contribution in [2.24, 2.45) is 29.4 Å². The Kier molecular flexibility index (Phi) is 6.50. The lowest BCUT2D eigenvalue weighted by Gasteiger charge is -2.22. The van der Waals surface area contributed by atoms with Crippen molar-refractivity contribution in [3.63, 3.8) is 0 Å². The fraction of sp³-hybridized carbons (Fsp3) is 1.00. The second kappa shape index (κ2) is 7.38. The maximum absolute atomic E-state index is 5.69. The lowest BCUT2D eigenvalue weighted by atomic mass is 9.88. The van der Waals surface area contributed by atoms with Crippen LogP contribution in [-0.2, 0) is 0 Å². The smallest absolute Gasteiger partial charge is 0.00102 e. The molecule has 3 atom stereocenters. The molecule has 3 unspecified atom stereocenters. The van der Waals surface area contributed by atoms with E-state index in [0.29, 0.717) is 0 Å². The third-order valence-electron chi connectivity index (χ3n) is 4.59. The van der Waals surface area contributed by atoms with Crippen LogP contribution in [0.1, 0.15) is 47.0 Å². The van der Waals surface area contributed by atoms with Crippen LogP contribution in [0, 0.1) is 23.7 Å². The largest absolute Gasteiger partial charge is 0.330 e. The van der Waals surface area contributed by atoms with Gasteiger partial charge in [0.2, 0.25) is 0 Å². The van der Waals surface area contributed by atoms with Gasteiger partial charge in [-0.05, 0) is 56.0 Å². The fourth-order valence-electron chi connectivity index (χ4n) is 3.03. The molecular formula is C15H32N2. The van der Waals surface area contributed by atoms with Crippen molar-refractivity contribution in [3.8, 4) is 0 Å². The van der Waals surface area contributed by atoms with E-state index in [2.05, 4.69) is 32.6 Å². The minimum Gasteiger partial charge on any atom is -0.330 e. The van der Waals surface area contributed by atoms with E-state index in [4.69, 9.17) is 5.73 Å². The molecule has 1 fully saturated rings. The second-order valence-electron chi connectivity index (χ2n) is 6.44. The number of nitrogens with two attached hydrogens (primary N) is 1. The average Bonchev–Trinajstić information content (AvgIpc) is 2.57. The van der Waals surface area contributed by atoms with Crippen LogP contribution in [0.5, 0.6) is 0 Å². The molecule has 1 aliphatic rings. The summed E-state index contributed by atoms with van der Waals surface area (Å²) in [5.41, 5.74) is 5.69. The Morgan fingerprint density at radius 1 is 1.12 bits per heavy atom. The summed E-state index contributed by atoms with van der Waals surface area (Å²) in [6.45, 7) is 14.2. The quantitative estimate of drug-likeness (QED) is 0.741. The predicted octanol–water partition coefficient (Wildman–Crippen LogP) is 2.98. The molecular weight excluding hydrogens is 208 g/mol. The average molecular weight is 240 g/mol. The molecule has 1 aliphatic heterocycles. The van der Waals surface area contributed by atoms with Crippen LogP contribution in [0.2, 0.25) is 0 Å². The van der Waals surface area contributed by atoms with Gasteiger partial charge in [0.25, 0.3) is 0 Å². The summed E-state index contributed by atoms with van der Waals surface area (Å²) in [6, 6.07) is 0. The Morgan fingerprint density at radius 2 is 1.71 bits per heavy atom. The third-order valence-corrected chi connectivity index (χ3v) is 4.59. The molecule has 1 heterocycles. The fourth-order valence-corrected chi connectivity index (χ4v) is 3.03. The number of hydrogen-bond donors (Lipinski definition) is 1. The second-order valence-corrected chi connectivity index (χ2v) is 6.44. The van der Waals surface area contributed by atoms with Crippen molar-refractivity contribution in [1.82, 2.24) is 4.90 Å². The Morgan fingerprint density at radius 3 is 2.18 bits per heavy atom. The molecule has 0 spiro atoms. The number of rotatable bonds is 7. The predicted molar refractivity (Wildman–Crippen MR) is 76.0 cm³/mol. The van der Waals surface area contributed by atoms with E-state index in [1.54, 1.807) is 0 Å². The molecule has 0 amide bonds. The number of hydrogen-bond acceptors (Lipinski definition) is 2. The molecule has 2 nitrogen and oxygen atoms in total. The van der Waals surface area contributed by atoms with Crippen LogP contribution in [0.3, 0.4) is 0 Å². The number of nitrogens with zero attached hydrogens (tertiary/aromatic N) is 1. The Hall–Kier alpha value is -0.0800. The van der Waals surface area contributed by atoms with Crippen molar-refractivity contribution in [1.29, 1.82) is 0 Å². The van der Waals surface area contributed by atoms with Crippen LogP contribution in [0.25, 0.3) is 0 Å². The summed E-state index contributed by atoms with van der Waals surface area (Å²) < 4.78 is 0. The minimum absolute atomic E-state index is 0.787. The van der Waals surface area contributed by atoms with Gasteiger partial charge >= 0.3 is 0 Å². The van der Waals surface area contributed by atoms with Gasteiger partial charge < -0.3 is 10.6 Å². The Labute approximate surface area is 108 Å². The van der Waals surface area contributed by atoms with Gasteiger partial charge in [-0.2, -0.15) is 0 Å². The first kappa shape index (κ1) is 15.0. The summed E-state index contributed by atoms with van der Waals surface area (Å²) in [5, 5.41) is 0. The van der Waals surface area contributed by atoms with Gasteiger partial charge in [-0.3, -0.25) is 0 Å². The van der Waals surface area contributed by atoms with Gasteiger partial charge in [0, 0.05) is 13.1 Å². The molecule has 1 saturated heterocycles. The zero-order valence-electron chi connectivity index (χ0n) is 12.3. The maximum Gasteiger partial charge on any atom is 0.00102 e. The molecule has 1 rings (SSSR count). The van der Waals surface area contributed by atoms with Gasteiger partial charge in [-0.1, -0.05) is 27.7 Å². The minimum atomic E-state index is 0.787. The molecule has 0 aromatic rings. The lowest BCUT2D eigenvalue weighted by molar-refractivity contribution is 0.277. The molecule has 2 heteroatoms. The Balaban J connectivity index is 2.18. The molecule has 2 N–H and O–H groups in total. The van der Waals surface area contributed by atoms with Crippen LogP contribution >= 0.6 is 0 Å². The van der Waals surface area contributed by atoms with Crippen molar-refractivity contribution < 1.29 is 0 Å². The first-order valence-electron chi connectivity index (χ1n) is 7.47. The standard InChI is InChI=1S/C15H32N2/c1-12(2)15(7-8-16)6-5-9-17-10-13(3)14(4)11-17/h12-15H,5-11,16H2,1-4H3. The summed E-state index contributed by atoms with van der Waals surface area (Å²) in [5.74, 6) is 3.40. The van der Waals surface area contributed by atoms with Gasteiger partial charge in [0.15, 0.2) is 0 Å². The molecule has 0 aromatic carbocycles. The van der Waals surface area contributed by atoms with Crippen molar-refractivity contribution in [2.45, 2.75) is 47.0 Å². The zero-order valence-corrected chi connectivity index (χ0v) is 12.3. The summed E-state index contributed by atoms with van der Waals surface area (Å²) in [4.78, 5) is 2.65. The normalized spacial score (nSPS) is 27.9. The van der Waals surface area contributed by atoms with E-state index in [9.17, 15) is 0 Å². The van der Waals surface area contributed by atoms with E-state index in [0.717, 1.165) is 30.2 Å². The summed E-state index contributed by atoms with van der Waals surface area (Å²) >= 11 is 0. The van der Waals surface area contributed by atoms with Gasteiger partial charge in [0.05, 0.1) is 0 Å². The van der Waals surface area contributed by atoms with E-state index in [1.165, 1.54) is 38.9 Å². The van der Waals surface area contributed by atoms with Crippen LogP contribution in [-0.4, -0.2) is 31.1 Å². The monoisotopic (exact) mass is 240 g/mol. The van der Waals surface area contributed by atoms with E-state index in [1.807, 2.05) is 0 Å². The van der Waals surface area contributed by atoms with Crippen molar-refractivity contribution >= 4 is 0 Å². The highest BCUT2D eigenvalue weighted by atomic mass is 15.1. The highest BCUT2D eigenvalue weighted by molar-refractivity contribution is 4.78. The maximum atomic E-state index is 5.69. The molecule has 0 bridgehead atoms. The van der Waals surface area contributed by atoms with E-state index >= 15 is 0 Å². The van der Waals surface area contributed by atoms with Crippen LogP contribution in [0.4, 0.5) is 0 Å². The van der Waals surface area contributed by atoms with Crippen molar-refractivity contribution in [2.75, 3.05) is 26.2 Å². The third kappa shape index (κ3) is 4.97. The SMILES string of the molecule is CC(C)C(CCN)CCCN1CC(C)C(C)C1. The summed E-state index contributed by atoms with van der Waals surface area (Å²) in [7, 11) is 0. The molecule has 0 aliphatic carbocycles. The lowest BCUT2D eigenvalue weighted by Crippen LogP contribution is -2.23. The molecule has 0 radical (unpaired) electrons. The molecule has 102 valence electrons. The van der Waals surface area contributed by atoms with Gasteiger partial charge in [-0.15, -0.1) is 0 Å². The molecule has 17 heavy (non-hydrogen) atoms. The topological polar surface area (TPSA) is 29.3 Å². The molecule has 0 saturated carbocycles. The zero-order chi connectivity index (χ0) is 12.8. The first-order chi connectivity index (χ1) is 8.04. The highest BCUT2D eigenvalue weighted by Gasteiger charge is 2.25. The van der Waals surface area contributed by atoms with Crippen LogP contribution < -0.4 is 5.73 Å².